The maximum absolute atomic E-state index is 12.8. The number of unbranched alkanes of at least 4 members (excludes halogenated alkanes) is 38. The molecule has 0 aliphatic heterocycles. The number of ether oxygens (including phenoxy) is 3. The molecule has 0 spiro atoms. The van der Waals surface area contributed by atoms with Crippen LogP contribution in [0.3, 0.4) is 0 Å². The highest BCUT2D eigenvalue weighted by Crippen LogP contribution is 2.16. The lowest BCUT2D eigenvalue weighted by Gasteiger charge is -2.18. The van der Waals surface area contributed by atoms with E-state index in [-0.39, 0.29) is 31.1 Å². The zero-order valence-corrected chi connectivity index (χ0v) is 43.8. The minimum atomic E-state index is -0.772. The number of allylic oxidation sites excluding steroid dienone is 4. The topological polar surface area (TPSA) is 78.9 Å². The van der Waals surface area contributed by atoms with Crippen molar-refractivity contribution in [2.75, 3.05) is 13.2 Å². The highest BCUT2D eigenvalue weighted by molar-refractivity contribution is 5.71. The molecule has 382 valence electrons. The Morgan fingerprint density at radius 2 is 0.508 bits per heavy atom. The minimum Gasteiger partial charge on any atom is -0.462 e. The Labute approximate surface area is 404 Å². The number of carbonyl (C=O) groups is 3. The molecule has 6 heteroatoms. The van der Waals surface area contributed by atoms with Crippen LogP contribution in [0.25, 0.3) is 0 Å². The van der Waals surface area contributed by atoms with E-state index >= 15 is 0 Å². The molecule has 0 heterocycles. The first-order chi connectivity index (χ1) is 32.0. The normalized spacial score (nSPS) is 12.1. The third-order valence-corrected chi connectivity index (χ3v) is 12.9. The molecule has 0 N–H and O–H groups in total. The number of hydrogen-bond donors (Lipinski definition) is 0. The third-order valence-electron chi connectivity index (χ3n) is 12.9. The summed E-state index contributed by atoms with van der Waals surface area (Å²) in [6, 6.07) is 0. The van der Waals surface area contributed by atoms with E-state index in [0.29, 0.717) is 19.3 Å². The van der Waals surface area contributed by atoms with Crippen LogP contribution < -0.4 is 0 Å². The summed E-state index contributed by atoms with van der Waals surface area (Å²) in [5.74, 6) is -0.865. The molecule has 0 aromatic carbocycles. The number of hydrogen-bond acceptors (Lipinski definition) is 6. The Hall–Kier alpha value is -2.11. The summed E-state index contributed by atoms with van der Waals surface area (Å²) in [4.78, 5) is 38.1. The number of esters is 3. The minimum absolute atomic E-state index is 0.0719. The molecule has 0 aliphatic carbocycles. The van der Waals surface area contributed by atoms with Crippen molar-refractivity contribution in [2.24, 2.45) is 0 Å². The van der Waals surface area contributed by atoms with Gasteiger partial charge in [0.1, 0.15) is 13.2 Å². The van der Waals surface area contributed by atoms with Gasteiger partial charge in [-0.25, -0.2) is 0 Å². The van der Waals surface area contributed by atoms with E-state index in [0.717, 1.165) is 64.2 Å². The fourth-order valence-electron chi connectivity index (χ4n) is 8.55. The second-order valence-electron chi connectivity index (χ2n) is 19.6. The second kappa shape index (κ2) is 54.5. The van der Waals surface area contributed by atoms with E-state index in [1.54, 1.807) is 0 Å². The van der Waals surface area contributed by atoms with Gasteiger partial charge in [0.15, 0.2) is 6.10 Å². The molecule has 0 rings (SSSR count). The summed E-state index contributed by atoms with van der Waals surface area (Å²) < 4.78 is 16.9. The zero-order chi connectivity index (χ0) is 47.2. The van der Waals surface area contributed by atoms with Gasteiger partial charge >= 0.3 is 17.9 Å². The quantitative estimate of drug-likeness (QED) is 0.0262. The van der Waals surface area contributed by atoms with E-state index in [1.165, 1.54) is 212 Å². The average Bonchev–Trinajstić information content (AvgIpc) is 3.30. The van der Waals surface area contributed by atoms with Gasteiger partial charge in [-0.2, -0.15) is 0 Å². The highest BCUT2D eigenvalue weighted by Gasteiger charge is 2.19. The molecule has 0 aromatic heterocycles. The van der Waals surface area contributed by atoms with Crippen LogP contribution in [-0.2, 0) is 28.6 Å². The van der Waals surface area contributed by atoms with Gasteiger partial charge in [-0.3, -0.25) is 14.4 Å². The average molecular weight is 916 g/mol. The third kappa shape index (κ3) is 52.7. The molecule has 0 fully saturated rings. The fraction of sp³-hybridized carbons (Fsp3) is 0.881. The Kier molecular flexibility index (Phi) is 52.7. The molecular formula is C59H110O6. The Morgan fingerprint density at radius 1 is 0.292 bits per heavy atom. The smallest absolute Gasteiger partial charge is 0.306 e. The number of carbonyl (C=O) groups excluding carboxylic acids is 3. The predicted octanol–water partition coefficient (Wildman–Crippen LogP) is 19.1. The molecular weight excluding hydrogens is 805 g/mol. The first kappa shape index (κ1) is 62.9. The fourth-order valence-corrected chi connectivity index (χ4v) is 8.55. The molecule has 0 radical (unpaired) electrons. The molecule has 1 unspecified atom stereocenters. The van der Waals surface area contributed by atoms with Gasteiger partial charge in [0.2, 0.25) is 0 Å². The van der Waals surface area contributed by atoms with Gasteiger partial charge in [-0.15, -0.1) is 0 Å². The molecule has 65 heavy (non-hydrogen) atoms. The summed E-state index contributed by atoms with van der Waals surface area (Å²) in [5.41, 5.74) is 0. The van der Waals surface area contributed by atoms with E-state index in [1.807, 2.05) is 0 Å². The largest absolute Gasteiger partial charge is 0.462 e. The molecule has 0 amide bonds. The van der Waals surface area contributed by atoms with Crippen molar-refractivity contribution in [1.82, 2.24) is 0 Å². The van der Waals surface area contributed by atoms with Gasteiger partial charge < -0.3 is 14.2 Å². The van der Waals surface area contributed by atoms with Gasteiger partial charge in [0.25, 0.3) is 0 Å². The molecule has 0 saturated heterocycles. The van der Waals surface area contributed by atoms with E-state index < -0.39 is 6.10 Å². The van der Waals surface area contributed by atoms with Crippen molar-refractivity contribution in [3.8, 4) is 0 Å². The van der Waals surface area contributed by atoms with Gasteiger partial charge in [0, 0.05) is 19.3 Å². The Bertz CT molecular complexity index is 1050. The van der Waals surface area contributed by atoms with Crippen molar-refractivity contribution >= 4 is 17.9 Å². The summed E-state index contributed by atoms with van der Waals surface area (Å²) in [5, 5.41) is 0. The summed E-state index contributed by atoms with van der Waals surface area (Å²) >= 11 is 0. The van der Waals surface area contributed by atoms with Crippen LogP contribution >= 0.6 is 0 Å². The molecule has 1 atom stereocenters. The first-order valence-electron chi connectivity index (χ1n) is 28.8. The highest BCUT2D eigenvalue weighted by atomic mass is 16.6. The van der Waals surface area contributed by atoms with Crippen LogP contribution in [0.5, 0.6) is 0 Å². The first-order valence-corrected chi connectivity index (χ1v) is 28.8. The lowest BCUT2D eigenvalue weighted by Crippen LogP contribution is -2.30. The van der Waals surface area contributed by atoms with Crippen LogP contribution in [0.4, 0.5) is 0 Å². The second-order valence-corrected chi connectivity index (χ2v) is 19.6. The predicted molar refractivity (Wildman–Crippen MR) is 279 cm³/mol. The Balaban J connectivity index is 4.34. The van der Waals surface area contributed by atoms with Gasteiger partial charge in [-0.05, 0) is 70.6 Å². The van der Waals surface area contributed by atoms with Crippen LogP contribution in [-0.4, -0.2) is 37.2 Å². The van der Waals surface area contributed by atoms with Crippen molar-refractivity contribution < 1.29 is 28.6 Å². The van der Waals surface area contributed by atoms with Crippen molar-refractivity contribution in [1.29, 1.82) is 0 Å². The maximum Gasteiger partial charge on any atom is 0.306 e. The molecule has 6 nitrogen and oxygen atoms in total. The molecule has 0 bridgehead atoms. The van der Waals surface area contributed by atoms with Gasteiger partial charge in [0.05, 0.1) is 0 Å². The van der Waals surface area contributed by atoms with Crippen LogP contribution in [0.15, 0.2) is 24.3 Å². The van der Waals surface area contributed by atoms with Gasteiger partial charge in [-0.1, -0.05) is 251 Å². The van der Waals surface area contributed by atoms with Crippen molar-refractivity contribution in [3.63, 3.8) is 0 Å². The molecule has 0 aromatic rings. The SMILES string of the molecule is CCCCCCC/C=C\CCCCCCCC(=O)OCC(COC(=O)CCCCCCCCC/C=C\CCCCCCCC)OC(=O)CCCCCCCCCCCCCCCCCC. The maximum atomic E-state index is 12.8. The molecule has 0 saturated carbocycles. The molecule has 0 aliphatic rings. The summed E-state index contributed by atoms with van der Waals surface area (Å²) in [7, 11) is 0. The monoisotopic (exact) mass is 915 g/mol. The van der Waals surface area contributed by atoms with Crippen LogP contribution in [0.2, 0.25) is 0 Å². The van der Waals surface area contributed by atoms with E-state index in [2.05, 4.69) is 45.1 Å². The summed E-state index contributed by atoms with van der Waals surface area (Å²) in [6.07, 6.45) is 63.0. The van der Waals surface area contributed by atoms with Crippen LogP contribution in [0.1, 0.15) is 316 Å². The number of rotatable bonds is 53. The van der Waals surface area contributed by atoms with Crippen molar-refractivity contribution in [3.05, 3.63) is 24.3 Å². The Morgan fingerprint density at radius 3 is 0.769 bits per heavy atom. The van der Waals surface area contributed by atoms with E-state index in [9.17, 15) is 14.4 Å². The lowest BCUT2D eigenvalue weighted by molar-refractivity contribution is -0.167. The van der Waals surface area contributed by atoms with Crippen molar-refractivity contribution in [2.45, 2.75) is 322 Å². The lowest BCUT2D eigenvalue weighted by atomic mass is 10.0. The van der Waals surface area contributed by atoms with Crippen LogP contribution in [0, 0.1) is 0 Å². The summed E-state index contributed by atoms with van der Waals surface area (Å²) in [6.45, 7) is 6.66. The van der Waals surface area contributed by atoms with E-state index in [4.69, 9.17) is 14.2 Å². The zero-order valence-electron chi connectivity index (χ0n) is 43.8. The standard InChI is InChI=1S/C59H110O6/c1-4-7-10-13-16-19-22-25-28-30-32-34-37-40-43-46-49-52-58(61)64-55-56(54-63-57(60)51-48-45-42-39-36-33-27-24-21-18-15-12-9-6-3)65-59(62)53-50-47-44-41-38-35-31-29-26-23-20-17-14-11-8-5-2/h24-25,27-28,56H,4-23,26,29-55H2,1-3H3/b27-24-,28-25-.